The standard InChI is InChI=1S/C33H36N2O6/c1-39-32(38)8-3-7-31(37)35-19-17-24-21-28-14-15-29(24)33(35)25-5-2-6-27(22-25)40-20-4-18-34-30(36)16-11-23-9-12-26(41-28)13-10-23/h2,5-6,9-10,12-15,21-22,33H,3-4,7-8,11,16-20H2,1H3,(H,34,36). The Labute approximate surface area is 240 Å². The maximum Gasteiger partial charge on any atom is 0.305 e. The zero-order chi connectivity index (χ0) is 28.6. The number of benzene rings is 3. The molecular weight excluding hydrogens is 520 g/mol. The molecule has 0 spiro atoms. The lowest BCUT2D eigenvalue weighted by Gasteiger charge is -2.38. The minimum atomic E-state index is -0.313. The lowest BCUT2D eigenvalue weighted by atomic mass is 9.87. The molecule has 0 radical (unpaired) electrons. The molecule has 5 aliphatic rings. The van der Waals surface area contributed by atoms with E-state index in [1.807, 2.05) is 65.6 Å². The highest BCUT2D eigenvalue weighted by molar-refractivity contribution is 5.79. The molecule has 3 aromatic rings. The van der Waals surface area contributed by atoms with Crippen molar-refractivity contribution in [3.8, 4) is 17.2 Å². The van der Waals surface area contributed by atoms with Gasteiger partial charge in [0.15, 0.2) is 0 Å². The van der Waals surface area contributed by atoms with E-state index in [1.54, 1.807) is 0 Å². The van der Waals surface area contributed by atoms with Gasteiger partial charge >= 0.3 is 5.97 Å². The molecule has 1 unspecified atom stereocenters. The van der Waals surface area contributed by atoms with E-state index in [-0.39, 0.29) is 36.7 Å². The largest absolute Gasteiger partial charge is 0.494 e. The molecule has 1 N–H and O–H groups in total. The minimum absolute atomic E-state index is 0.00226. The number of nitrogens with one attached hydrogen (secondary N) is 1. The van der Waals surface area contributed by atoms with Crippen LogP contribution in [0, 0.1) is 0 Å². The molecule has 0 fully saturated rings. The molecule has 1 atom stereocenters. The third kappa shape index (κ3) is 7.25. The van der Waals surface area contributed by atoms with Gasteiger partial charge in [-0.05, 0) is 84.3 Å². The number of rotatable bonds is 4. The van der Waals surface area contributed by atoms with Crippen molar-refractivity contribution in [1.82, 2.24) is 10.2 Å². The van der Waals surface area contributed by atoms with E-state index in [0.717, 1.165) is 33.8 Å². The predicted octanol–water partition coefficient (Wildman–Crippen LogP) is 5.13. The molecule has 8 nitrogen and oxygen atoms in total. The summed E-state index contributed by atoms with van der Waals surface area (Å²) in [7, 11) is 1.36. The fourth-order valence-electron chi connectivity index (χ4n) is 5.40. The number of aryl methyl sites for hydroxylation is 1. The van der Waals surface area contributed by atoms with Gasteiger partial charge in [0, 0.05) is 32.4 Å². The van der Waals surface area contributed by atoms with Crippen LogP contribution in [0.2, 0.25) is 0 Å². The summed E-state index contributed by atoms with van der Waals surface area (Å²) >= 11 is 0. The highest BCUT2D eigenvalue weighted by atomic mass is 16.5. The first-order valence-electron chi connectivity index (χ1n) is 14.3. The van der Waals surface area contributed by atoms with Crippen LogP contribution in [0.4, 0.5) is 0 Å². The second-order valence-corrected chi connectivity index (χ2v) is 10.4. The van der Waals surface area contributed by atoms with Crippen molar-refractivity contribution < 1.29 is 28.6 Å². The molecule has 41 heavy (non-hydrogen) atoms. The van der Waals surface area contributed by atoms with Crippen LogP contribution in [-0.2, 0) is 32.0 Å². The Morgan fingerprint density at radius 3 is 2.61 bits per heavy atom. The Kier molecular flexibility index (Phi) is 9.19. The van der Waals surface area contributed by atoms with E-state index in [4.69, 9.17) is 14.2 Å². The average molecular weight is 557 g/mol. The maximum absolute atomic E-state index is 13.5. The summed E-state index contributed by atoms with van der Waals surface area (Å²) in [4.78, 5) is 39.3. The summed E-state index contributed by atoms with van der Waals surface area (Å²) in [5, 5.41) is 2.97. The molecule has 2 amide bonds. The van der Waals surface area contributed by atoms with Gasteiger partial charge in [-0.2, -0.15) is 0 Å². The summed E-state index contributed by atoms with van der Waals surface area (Å²) < 4.78 is 17.0. The minimum Gasteiger partial charge on any atom is -0.494 e. The number of hydrogen-bond donors (Lipinski definition) is 1. The van der Waals surface area contributed by atoms with Crippen molar-refractivity contribution in [2.75, 3.05) is 26.8 Å². The molecule has 5 heterocycles. The third-order valence-electron chi connectivity index (χ3n) is 7.55. The number of hydrogen-bond acceptors (Lipinski definition) is 6. The Hall–Kier alpha value is -4.33. The molecule has 8 heteroatoms. The molecule has 8 bridgehead atoms. The molecule has 0 saturated carbocycles. The Balaban J connectivity index is 1.46. The fourth-order valence-corrected chi connectivity index (χ4v) is 5.40. The number of nitrogens with zero attached hydrogens (tertiary/aromatic N) is 1. The number of methoxy groups -OCH3 is 1. The Morgan fingerprint density at radius 1 is 0.951 bits per heavy atom. The summed E-state index contributed by atoms with van der Waals surface area (Å²) in [6.45, 7) is 1.55. The lowest BCUT2D eigenvalue weighted by Crippen LogP contribution is -2.40. The quantitative estimate of drug-likeness (QED) is 0.448. The van der Waals surface area contributed by atoms with Crippen LogP contribution in [0.1, 0.15) is 60.4 Å². The van der Waals surface area contributed by atoms with Gasteiger partial charge in [0.2, 0.25) is 11.8 Å². The summed E-state index contributed by atoms with van der Waals surface area (Å²) in [6, 6.07) is 21.4. The molecule has 0 aromatic heterocycles. The maximum atomic E-state index is 13.5. The van der Waals surface area contributed by atoms with Gasteiger partial charge in [0.25, 0.3) is 0 Å². The molecule has 0 saturated heterocycles. The smallest absolute Gasteiger partial charge is 0.305 e. The van der Waals surface area contributed by atoms with Gasteiger partial charge in [-0.15, -0.1) is 0 Å². The van der Waals surface area contributed by atoms with Crippen molar-refractivity contribution in [3.05, 3.63) is 89.0 Å². The van der Waals surface area contributed by atoms with Gasteiger partial charge in [0.05, 0.1) is 19.8 Å². The monoisotopic (exact) mass is 556 g/mol. The number of carbonyl (C=O) groups excluding carboxylic acids is 3. The normalized spacial score (nSPS) is 17.0. The second kappa shape index (κ2) is 13.4. The average Bonchev–Trinajstić information content (AvgIpc) is 2.99. The van der Waals surface area contributed by atoms with Gasteiger partial charge < -0.3 is 24.4 Å². The van der Waals surface area contributed by atoms with Crippen LogP contribution in [-0.4, -0.2) is 49.5 Å². The van der Waals surface area contributed by atoms with Crippen molar-refractivity contribution in [1.29, 1.82) is 0 Å². The molecule has 214 valence electrons. The first-order valence-corrected chi connectivity index (χ1v) is 14.3. The first-order chi connectivity index (χ1) is 20.0. The van der Waals surface area contributed by atoms with Crippen molar-refractivity contribution >= 4 is 17.8 Å². The highest BCUT2D eigenvalue weighted by Crippen LogP contribution is 2.39. The number of carbonyl (C=O) groups is 3. The first kappa shape index (κ1) is 28.2. The van der Waals surface area contributed by atoms with Crippen LogP contribution in [0.5, 0.6) is 17.2 Å². The zero-order valence-electron chi connectivity index (χ0n) is 23.4. The predicted molar refractivity (Wildman–Crippen MR) is 154 cm³/mol. The second-order valence-electron chi connectivity index (χ2n) is 10.4. The highest BCUT2D eigenvalue weighted by Gasteiger charge is 2.32. The SMILES string of the molecule is COC(=O)CCCC(=O)N1CCc2cc3ccc2C1c1cccc(c1)OCCCNC(=O)CCc1ccc(cc1)O3. The molecule has 0 aliphatic carbocycles. The number of esters is 1. The molecule has 8 rings (SSSR count). The number of ether oxygens (including phenoxy) is 3. The van der Waals surface area contributed by atoms with Gasteiger partial charge in [-0.25, -0.2) is 0 Å². The molecule has 5 aliphatic heterocycles. The zero-order valence-corrected chi connectivity index (χ0v) is 23.4. The van der Waals surface area contributed by atoms with E-state index < -0.39 is 0 Å². The van der Waals surface area contributed by atoms with Crippen LogP contribution in [0.15, 0.2) is 66.7 Å². The third-order valence-corrected chi connectivity index (χ3v) is 7.55. The summed E-state index contributed by atoms with van der Waals surface area (Å²) in [5.41, 5.74) is 4.20. The Bertz CT molecular complexity index is 1390. The van der Waals surface area contributed by atoms with Crippen LogP contribution >= 0.6 is 0 Å². The van der Waals surface area contributed by atoms with Crippen LogP contribution in [0.3, 0.4) is 0 Å². The van der Waals surface area contributed by atoms with E-state index in [0.29, 0.717) is 57.6 Å². The van der Waals surface area contributed by atoms with Gasteiger partial charge in [-0.1, -0.05) is 30.3 Å². The Morgan fingerprint density at radius 2 is 1.78 bits per heavy atom. The van der Waals surface area contributed by atoms with Crippen molar-refractivity contribution in [3.63, 3.8) is 0 Å². The van der Waals surface area contributed by atoms with Crippen LogP contribution in [0.25, 0.3) is 0 Å². The van der Waals surface area contributed by atoms with Gasteiger partial charge in [0.1, 0.15) is 17.2 Å². The molecule has 3 aromatic carbocycles. The molecular formula is C33H36N2O6. The van der Waals surface area contributed by atoms with Crippen molar-refractivity contribution in [2.24, 2.45) is 0 Å². The van der Waals surface area contributed by atoms with E-state index in [9.17, 15) is 14.4 Å². The van der Waals surface area contributed by atoms with Crippen LogP contribution < -0.4 is 14.8 Å². The topological polar surface area (TPSA) is 94.2 Å². The lowest BCUT2D eigenvalue weighted by molar-refractivity contribution is -0.141. The number of amides is 2. The van der Waals surface area contributed by atoms with Crippen molar-refractivity contribution in [2.45, 2.75) is 51.0 Å². The van der Waals surface area contributed by atoms with E-state index >= 15 is 0 Å². The fraction of sp³-hybridized carbons (Fsp3) is 0.364. The summed E-state index contributed by atoms with van der Waals surface area (Å²) in [5.74, 6) is 1.87. The van der Waals surface area contributed by atoms with E-state index in [2.05, 4.69) is 11.4 Å². The summed E-state index contributed by atoms with van der Waals surface area (Å²) in [6.07, 6.45) is 3.38. The van der Waals surface area contributed by atoms with E-state index in [1.165, 1.54) is 7.11 Å². The van der Waals surface area contributed by atoms with Gasteiger partial charge in [-0.3, -0.25) is 14.4 Å².